The second-order valence-corrected chi connectivity index (χ2v) is 5.80. The topological polar surface area (TPSA) is 35.5 Å². The van der Waals surface area contributed by atoms with Crippen molar-refractivity contribution in [3.05, 3.63) is 0 Å². The van der Waals surface area contributed by atoms with E-state index >= 15 is 0 Å². The monoisotopic (exact) mass is 238 g/mol. The number of Topliss-reactive ketones (excluding diaryl/α,β-unsaturated/α-hetero) is 1. The summed E-state index contributed by atoms with van der Waals surface area (Å²) in [6, 6.07) is 0. The molecule has 17 heavy (non-hydrogen) atoms. The molecule has 0 N–H and O–H groups in total. The molecule has 2 aliphatic carbocycles. The molecule has 1 aliphatic heterocycles. The van der Waals surface area contributed by atoms with Crippen molar-refractivity contribution in [1.82, 2.24) is 0 Å². The molecule has 3 nitrogen and oxygen atoms in total. The van der Waals surface area contributed by atoms with Gasteiger partial charge in [-0.15, -0.1) is 0 Å². The molecule has 0 aromatic carbocycles. The average molecular weight is 238 g/mol. The molecule has 1 heterocycles. The number of carbonyl (C=O) groups excluding carboxylic acids is 1. The third-order valence-corrected chi connectivity index (χ3v) is 4.80. The van der Waals surface area contributed by atoms with Crippen LogP contribution in [0.5, 0.6) is 0 Å². The van der Waals surface area contributed by atoms with Gasteiger partial charge in [0.15, 0.2) is 0 Å². The Morgan fingerprint density at radius 2 is 2.06 bits per heavy atom. The van der Waals surface area contributed by atoms with Crippen molar-refractivity contribution in [3.63, 3.8) is 0 Å². The largest absolute Gasteiger partial charge is 0.376 e. The zero-order valence-corrected chi connectivity index (χ0v) is 10.5. The second-order valence-electron chi connectivity index (χ2n) is 5.80. The van der Waals surface area contributed by atoms with Gasteiger partial charge in [0.2, 0.25) is 0 Å². The predicted molar refractivity (Wildman–Crippen MR) is 63.9 cm³/mol. The predicted octanol–water partition coefficient (Wildman–Crippen LogP) is 2.47. The summed E-state index contributed by atoms with van der Waals surface area (Å²) in [7, 11) is 0. The van der Waals surface area contributed by atoms with Crippen molar-refractivity contribution in [2.24, 2.45) is 5.41 Å². The molecule has 2 saturated carbocycles. The summed E-state index contributed by atoms with van der Waals surface area (Å²) in [5.41, 5.74) is -0.0865. The van der Waals surface area contributed by atoms with E-state index in [0.717, 1.165) is 32.3 Å². The van der Waals surface area contributed by atoms with Crippen LogP contribution in [0.3, 0.4) is 0 Å². The Labute approximate surface area is 103 Å². The first-order valence-electron chi connectivity index (χ1n) is 7.08. The van der Waals surface area contributed by atoms with Crippen molar-refractivity contribution >= 4 is 5.78 Å². The molecular weight excluding hydrogens is 216 g/mol. The van der Waals surface area contributed by atoms with Crippen LogP contribution in [-0.4, -0.2) is 31.2 Å². The van der Waals surface area contributed by atoms with Gasteiger partial charge in [0.25, 0.3) is 0 Å². The fourth-order valence-corrected chi connectivity index (χ4v) is 3.62. The molecule has 0 radical (unpaired) electrons. The quantitative estimate of drug-likeness (QED) is 0.757. The van der Waals surface area contributed by atoms with E-state index in [1.54, 1.807) is 0 Å². The number of hydrogen-bond acceptors (Lipinski definition) is 3. The van der Waals surface area contributed by atoms with Crippen molar-refractivity contribution in [2.45, 2.75) is 63.6 Å². The van der Waals surface area contributed by atoms with Crippen LogP contribution in [0, 0.1) is 5.41 Å². The van der Waals surface area contributed by atoms with E-state index in [0.29, 0.717) is 18.8 Å². The number of hydrogen-bond donors (Lipinski definition) is 0. The molecule has 0 aromatic rings. The van der Waals surface area contributed by atoms with Gasteiger partial charge in [-0.25, -0.2) is 0 Å². The third kappa shape index (κ3) is 2.04. The lowest BCUT2D eigenvalue weighted by atomic mass is 9.57. The zero-order valence-electron chi connectivity index (χ0n) is 10.5. The van der Waals surface area contributed by atoms with Crippen LogP contribution in [0.4, 0.5) is 0 Å². The first-order valence-corrected chi connectivity index (χ1v) is 7.08. The maximum absolute atomic E-state index is 11.9. The van der Waals surface area contributed by atoms with Crippen LogP contribution in [0.25, 0.3) is 0 Å². The van der Waals surface area contributed by atoms with E-state index in [1.165, 1.54) is 19.3 Å². The minimum Gasteiger partial charge on any atom is -0.376 e. The highest BCUT2D eigenvalue weighted by Gasteiger charge is 2.55. The van der Waals surface area contributed by atoms with Crippen LogP contribution in [0.1, 0.15) is 51.4 Å². The van der Waals surface area contributed by atoms with Gasteiger partial charge in [0.1, 0.15) is 5.78 Å². The Balaban J connectivity index is 1.54. The molecule has 2 atom stereocenters. The smallest absolute Gasteiger partial charge is 0.144 e. The van der Waals surface area contributed by atoms with E-state index in [9.17, 15) is 4.79 Å². The molecule has 1 spiro atoms. The number of rotatable bonds is 3. The fourth-order valence-electron chi connectivity index (χ4n) is 3.62. The Morgan fingerprint density at radius 3 is 2.71 bits per heavy atom. The summed E-state index contributed by atoms with van der Waals surface area (Å²) in [4.78, 5) is 11.9. The second kappa shape index (κ2) is 4.69. The normalized spacial score (nSPS) is 36.1. The summed E-state index contributed by atoms with van der Waals surface area (Å²) >= 11 is 0. The van der Waals surface area contributed by atoms with Gasteiger partial charge in [-0.3, -0.25) is 4.79 Å². The molecule has 3 fully saturated rings. The Bertz CT molecular complexity index is 288. The lowest BCUT2D eigenvalue weighted by Crippen LogP contribution is -2.56. The standard InChI is InChI=1S/C14H22O3/c15-12-9-13(14(12)6-2-1-3-7-14)17-10-11-5-4-8-16-11/h11,13H,1-10H2. The molecule has 2 unspecified atom stereocenters. The molecule has 3 heteroatoms. The molecule has 96 valence electrons. The average Bonchev–Trinajstić information content (AvgIpc) is 2.88. The van der Waals surface area contributed by atoms with E-state index in [2.05, 4.69) is 0 Å². The first kappa shape index (κ1) is 11.7. The summed E-state index contributed by atoms with van der Waals surface area (Å²) in [5, 5.41) is 0. The number of ether oxygens (including phenoxy) is 2. The van der Waals surface area contributed by atoms with Crippen molar-refractivity contribution < 1.29 is 14.3 Å². The van der Waals surface area contributed by atoms with Crippen LogP contribution in [-0.2, 0) is 14.3 Å². The first-order chi connectivity index (χ1) is 8.31. The van der Waals surface area contributed by atoms with Gasteiger partial charge in [0.05, 0.1) is 24.2 Å². The Morgan fingerprint density at radius 1 is 1.24 bits per heavy atom. The minimum absolute atomic E-state index is 0.0865. The van der Waals surface area contributed by atoms with Gasteiger partial charge in [0, 0.05) is 13.0 Å². The van der Waals surface area contributed by atoms with Gasteiger partial charge in [-0.05, 0) is 25.7 Å². The fraction of sp³-hybridized carbons (Fsp3) is 0.929. The van der Waals surface area contributed by atoms with Crippen molar-refractivity contribution in [3.8, 4) is 0 Å². The Kier molecular flexibility index (Phi) is 3.22. The summed E-state index contributed by atoms with van der Waals surface area (Å²) in [6.45, 7) is 1.57. The maximum atomic E-state index is 11.9. The SMILES string of the molecule is O=C1CC(OCC2CCCO2)C12CCCCC2. The van der Waals surface area contributed by atoms with E-state index in [-0.39, 0.29) is 17.6 Å². The molecule has 3 rings (SSSR count). The van der Waals surface area contributed by atoms with E-state index < -0.39 is 0 Å². The lowest BCUT2D eigenvalue weighted by Gasteiger charge is -2.49. The summed E-state index contributed by atoms with van der Waals surface area (Å²) in [6.07, 6.45) is 9.20. The maximum Gasteiger partial charge on any atom is 0.144 e. The molecule has 0 aromatic heterocycles. The van der Waals surface area contributed by atoms with Gasteiger partial charge in [-0.1, -0.05) is 19.3 Å². The molecule has 1 saturated heterocycles. The Hall–Kier alpha value is -0.410. The summed E-state index contributed by atoms with van der Waals surface area (Å²) < 4.78 is 11.5. The highest BCUT2D eigenvalue weighted by Crippen LogP contribution is 2.50. The minimum atomic E-state index is -0.0865. The number of carbonyl (C=O) groups is 1. The van der Waals surface area contributed by atoms with Crippen molar-refractivity contribution in [2.75, 3.05) is 13.2 Å². The van der Waals surface area contributed by atoms with Crippen LogP contribution >= 0.6 is 0 Å². The van der Waals surface area contributed by atoms with Crippen molar-refractivity contribution in [1.29, 1.82) is 0 Å². The molecular formula is C14H22O3. The summed E-state index contributed by atoms with van der Waals surface area (Å²) in [5.74, 6) is 0.453. The van der Waals surface area contributed by atoms with Gasteiger partial charge in [-0.2, -0.15) is 0 Å². The molecule has 0 amide bonds. The molecule has 0 bridgehead atoms. The van der Waals surface area contributed by atoms with Crippen LogP contribution in [0.15, 0.2) is 0 Å². The van der Waals surface area contributed by atoms with E-state index in [1.807, 2.05) is 0 Å². The van der Waals surface area contributed by atoms with Gasteiger partial charge < -0.3 is 9.47 Å². The third-order valence-electron chi connectivity index (χ3n) is 4.80. The highest BCUT2D eigenvalue weighted by atomic mass is 16.5. The van der Waals surface area contributed by atoms with E-state index in [4.69, 9.17) is 9.47 Å². The molecule has 3 aliphatic rings. The van der Waals surface area contributed by atoms with Crippen LogP contribution in [0.2, 0.25) is 0 Å². The number of ketones is 1. The van der Waals surface area contributed by atoms with Gasteiger partial charge >= 0.3 is 0 Å². The zero-order chi connectivity index (χ0) is 11.7. The highest BCUT2D eigenvalue weighted by molar-refractivity contribution is 5.92. The van der Waals surface area contributed by atoms with Crippen LogP contribution < -0.4 is 0 Å². The lowest BCUT2D eigenvalue weighted by molar-refractivity contribution is -0.173.